The van der Waals surface area contributed by atoms with E-state index in [1.165, 1.54) is 11.3 Å². The lowest BCUT2D eigenvalue weighted by Gasteiger charge is -2.31. The molecule has 0 aromatic heterocycles. The molecule has 3 aromatic rings. The number of fused-ring (bicyclic) bond motifs is 1. The molecule has 2 N–H and O–H groups in total. The predicted octanol–water partition coefficient (Wildman–Crippen LogP) is 4.23. The summed E-state index contributed by atoms with van der Waals surface area (Å²) in [5.74, 6) is -1.29. The molecule has 1 heterocycles. The first kappa shape index (κ1) is 23.4. The van der Waals surface area contributed by atoms with Crippen molar-refractivity contribution in [1.29, 1.82) is 0 Å². The lowest BCUT2D eigenvalue weighted by molar-refractivity contribution is -0.136. The van der Waals surface area contributed by atoms with E-state index in [4.69, 9.17) is 0 Å². The van der Waals surface area contributed by atoms with Crippen LogP contribution in [0.4, 0.5) is 17.1 Å². The van der Waals surface area contributed by atoms with E-state index >= 15 is 0 Å². The fourth-order valence-electron chi connectivity index (χ4n) is 4.49. The lowest BCUT2D eigenvalue weighted by Crippen LogP contribution is -2.41. The summed E-state index contributed by atoms with van der Waals surface area (Å²) in [6, 6.07) is 22.4. The van der Waals surface area contributed by atoms with Gasteiger partial charge in [0.15, 0.2) is 0 Å². The Bertz CT molecular complexity index is 1190. The molecule has 4 rings (SSSR count). The van der Waals surface area contributed by atoms with Gasteiger partial charge in [-0.15, -0.1) is 0 Å². The van der Waals surface area contributed by atoms with E-state index in [0.29, 0.717) is 12.2 Å². The summed E-state index contributed by atoms with van der Waals surface area (Å²) < 4.78 is 0. The van der Waals surface area contributed by atoms with Gasteiger partial charge in [-0.3, -0.25) is 9.59 Å². The third kappa shape index (κ3) is 5.06. The van der Waals surface area contributed by atoms with Crippen LogP contribution in [0.5, 0.6) is 0 Å². The summed E-state index contributed by atoms with van der Waals surface area (Å²) in [7, 11) is 4.02. The molecule has 1 unspecified atom stereocenters. The van der Waals surface area contributed by atoms with E-state index in [9.17, 15) is 9.59 Å². The first-order valence-electron chi connectivity index (χ1n) is 11.6. The summed E-state index contributed by atoms with van der Waals surface area (Å²) in [6.07, 6.45) is 0.962. The number of anilines is 3. The minimum absolute atomic E-state index is 0.0854. The molecule has 0 saturated carbocycles. The SMILES string of the molecule is Cc1ccc(NC(=O)C(=O)NCC(c2ccc(N(C)C)cc2)N2CCc3ccccc32)c(C)c1. The van der Waals surface area contributed by atoms with Gasteiger partial charge in [0.25, 0.3) is 0 Å². The number of nitrogens with one attached hydrogen (secondary N) is 2. The zero-order chi connectivity index (χ0) is 24.2. The van der Waals surface area contributed by atoms with Crippen LogP contribution < -0.4 is 20.4 Å². The first-order chi connectivity index (χ1) is 16.3. The summed E-state index contributed by atoms with van der Waals surface area (Å²) in [4.78, 5) is 29.7. The van der Waals surface area contributed by atoms with Crippen molar-refractivity contribution in [2.45, 2.75) is 26.3 Å². The monoisotopic (exact) mass is 456 g/mol. The smallest absolute Gasteiger partial charge is 0.313 e. The van der Waals surface area contributed by atoms with Crippen molar-refractivity contribution >= 4 is 28.9 Å². The van der Waals surface area contributed by atoms with Crippen LogP contribution in [0.15, 0.2) is 66.7 Å². The second-order valence-electron chi connectivity index (χ2n) is 9.06. The molecule has 0 spiro atoms. The summed E-state index contributed by atoms with van der Waals surface area (Å²) in [5, 5.41) is 5.61. The van der Waals surface area contributed by atoms with Gasteiger partial charge in [-0.25, -0.2) is 0 Å². The van der Waals surface area contributed by atoms with Crippen LogP contribution in [-0.4, -0.2) is 39.0 Å². The van der Waals surface area contributed by atoms with E-state index in [1.807, 2.05) is 52.2 Å². The number of rotatable bonds is 6. The molecular formula is C28H32N4O2. The lowest BCUT2D eigenvalue weighted by atomic mass is 10.0. The highest BCUT2D eigenvalue weighted by Gasteiger charge is 2.28. The van der Waals surface area contributed by atoms with Crippen LogP contribution in [0.1, 0.15) is 28.3 Å². The van der Waals surface area contributed by atoms with Gasteiger partial charge in [0.2, 0.25) is 0 Å². The minimum atomic E-state index is -0.657. The first-order valence-corrected chi connectivity index (χ1v) is 11.6. The molecule has 6 nitrogen and oxygen atoms in total. The highest BCUT2D eigenvalue weighted by atomic mass is 16.2. The molecule has 34 heavy (non-hydrogen) atoms. The average molecular weight is 457 g/mol. The van der Waals surface area contributed by atoms with Crippen LogP contribution in [0.25, 0.3) is 0 Å². The second-order valence-corrected chi connectivity index (χ2v) is 9.06. The van der Waals surface area contributed by atoms with E-state index in [2.05, 4.69) is 62.9 Å². The minimum Gasteiger partial charge on any atom is -0.378 e. The Morgan fingerprint density at radius 3 is 2.41 bits per heavy atom. The molecule has 0 radical (unpaired) electrons. The van der Waals surface area contributed by atoms with Gasteiger partial charge in [0.1, 0.15) is 0 Å². The number of hydrogen-bond acceptors (Lipinski definition) is 4. The maximum absolute atomic E-state index is 12.7. The van der Waals surface area contributed by atoms with E-state index in [1.54, 1.807) is 0 Å². The maximum atomic E-state index is 12.7. The van der Waals surface area contributed by atoms with Crippen molar-refractivity contribution < 1.29 is 9.59 Å². The van der Waals surface area contributed by atoms with Crippen molar-refractivity contribution in [2.75, 3.05) is 42.3 Å². The molecule has 0 fully saturated rings. The Labute approximate surface area is 201 Å². The number of amides is 2. The number of carbonyl (C=O) groups is 2. The standard InChI is InChI=1S/C28H32N4O2/c1-19-9-14-24(20(2)17-19)30-28(34)27(33)29-18-26(22-10-12-23(13-11-22)31(3)4)32-16-15-21-7-5-6-8-25(21)32/h5-14,17,26H,15-16,18H2,1-4H3,(H,29,33)(H,30,34). The topological polar surface area (TPSA) is 64.7 Å². The number of hydrogen-bond donors (Lipinski definition) is 2. The highest BCUT2D eigenvalue weighted by molar-refractivity contribution is 6.39. The Balaban J connectivity index is 1.51. The largest absolute Gasteiger partial charge is 0.378 e. The van der Waals surface area contributed by atoms with Gasteiger partial charge in [0.05, 0.1) is 6.04 Å². The Morgan fingerprint density at radius 1 is 0.971 bits per heavy atom. The molecule has 6 heteroatoms. The van der Waals surface area contributed by atoms with Gasteiger partial charge in [-0.2, -0.15) is 0 Å². The number of carbonyl (C=O) groups excluding carboxylic acids is 2. The Morgan fingerprint density at radius 2 is 1.71 bits per heavy atom. The molecule has 1 aliphatic heterocycles. The van der Waals surface area contributed by atoms with Crippen LogP contribution >= 0.6 is 0 Å². The van der Waals surface area contributed by atoms with Gasteiger partial charge < -0.3 is 20.4 Å². The van der Waals surface area contributed by atoms with Gasteiger partial charge in [-0.1, -0.05) is 48.0 Å². The fourth-order valence-corrected chi connectivity index (χ4v) is 4.49. The quantitative estimate of drug-likeness (QED) is 0.545. The summed E-state index contributed by atoms with van der Waals surface area (Å²) in [5.41, 5.74) is 7.37. The third-order valence-corrected chi connectivity index (χ3v) is 6.39. The van der Waals surface area contributed by atoms with Crippen molar-refractivity contribution in [1.82, 2.24) is 5.32 Å². The zero-order valence-corrected chi connectivity index (χ0v) is 20.3. The second kappa shape index (κ2) is 10.00. The van der Waals surface area contributed by atoms with Crippen molar-refractivity contribution in [3.05, 3.63) is 89.0 Å². The molecule has 176 valence electrons. The molecule has 0 saturated heterocycles. The Hall–Kier alpha value is -3.80. The van der Waals surface area contributed by atoms with Crippen molar-refractivity contribution in [2.24, 2.45) is 0 Å². The predicted molar refractivity (Wildman–Crippen MR) is 139 cm³/mol. The molecular weight excluding hydrogens is 424 g/mol. The van der Waals surface area contributed by atoms with E-state index < -0.39 is 11.8 Å². The number of para-hydroxylation sites is 1. The highest BCUT2D eigenvalue weighted by Crippen LogP contribution is 2.35. The maximum Gasteiger partial charge on any atom is 0.313 e. The number of benzene rings is 3. The summed E-state index contributed by atoms with van der Waals surface area (Å²) >= 11 is 0. The molecule has 2 amide bonds. The van der Waals surface area contributed by atoms with Crippen LogP contribution in [0, 0.1) is 13.8 Å². The van der Waals surface area contributed by atoms with E-state index in [0.717, 1.165) is 35.3 Å². The van der Waals surface area contributed by atoms with Crippen molar-refractivity contribution in [3.8, 4) is 0 Å². The summed E-state index contributed by atoms with van der Waals surface area (Å²) in [6.45, 7) is 5.10. The van der Waals surface area contributed by atoms with Gasteiger partial charge >= 0.3 is 11.8 Å². The van der Waals surface area contributed by atoms with Gasteiger partial charge in [0, 0.05) is 44.2 Å². The van der Waals surface area contributed by atoms with Crippen molar-refractivity contribution in [3.63, 3.8) is 0 Å². The normalized spacial score (nSPS) is 13.2. The van der Waals surface area contributed by atoms with Crippen LogP contribution in [0.3, 0.4) is 0 Å². The fraction of sp³-hybridized carbons (Fsp3) is 0.286. The van der Waals surface area contributed by atoms with Crippen LogP contribution in [-0.2, 0) is 16.0 Å². The zero-order valence-electron chi connectivity index (χ0n) is 20.3. The number of nitrogens with zero attached hydrogens (tertiary/aromatic N) is 2. The molecule has 0 aliphatic carbocycles. The van der Waals surface area contributed by atoms with Crippen LogP contribution in [0.2, 0.25) is 0 Å². The third-order valence-electron chi connectivity index (χ3n) is 6.39. The van der Waals surface area contributed by atoms with Gasteiger partial charge in [-0.05, 0) is 61.2 Å². The van der Waals surface area contributed by atoms with E-state index in [-0.39, 0.29) is 6.04 Å². The number of aryl methyl sites for hydroxylation is 2. The molecule has 1 aliphatic rings. The molecule has 0 bridgehead atoms. The molecule has 1 atom stereocenters. The molecule has 3 aromatic carbocycles. The average Bonchev–Trinajstić information content (AvgIpc) is 3.25. The Kier molecular flexibility index (Phi) is 6.87.